The fourth-order valence-corrected chi connectivity index (χ4v) is 14.0. The van der Waals surface area contributed by atoms with Crippen molar-refractivity contribution < 1.29 is 119 Å². The van der Waals surface area contributed by atoms with Gasteiger partial charge in [-0.15, -0.1) is 26.6 Å². The number of alkyl carbamates (subject to hydrolysis) is 1. The summed E-state index contributed by atoms with van der Waals surface area (Å²) in [6.07, 6.45) is 0.200. The molecule has 0 aliphatic rings. The van der Waals surface area contributed by atoms with E-state index in [0.29, 0.717) is 173 Å². The van der Waals surface area contributed by atoms with Crippen LogP contribution in [0, 0.1) is 30.5 Å². The number of urea groups is 1. The number of rotatable bonds is 60. The number of carbonyl (C=O) groups is 8. The molecule has 0 saturated carbocycles. The highest BCUT2D eigenvalue weighted by Crippen LogP contribution is 2.35. The third-order valence-corrected chi connectivity index (χ3v) is 20.5. The van der Waals surface area contributed by atoms with Gasteiger partial charge in [-0.25, -0.2) is 43.0 Å². The van der Waals surface area contributed by atoms with Gasteiger partial charge in [-0.05, 0) is 137 Å². The number of halogens is 1. The van der Waals surface area contributed by atoms with Gasteiger partial charge in [0, 0.05) is 49.9 Å². The lowest BCUT2D eigenvalue weighted by molar-refractivity contribution is -0.873. The average molecular weight is 1850 g/mol. The number of aliphatic hydroxyl groups is 1. The number of aliphatic carboxylic acids is 1. The van der Waals surface area contributed by atoms with E-state index in [4.69, 9.17) is 67.7 Å². The number of fused-ring (bicyclic) bond motifs is 1. The second kappa shape index (κ2) is 55.7. The highest BCUT2D eigenvalue weighted by Gasteiger charge is 2.32. The van der Waals surface area contributed by atoms with Gasteiger partial charge in [0.25, 0.3) is 0 Å². The number of aliphatic hydroxyl groups excluding tert-OH is 1. The van der Waals surface area contributed by atoms with Crippen molar-refractivity contribution >= 4 is 109 Å². The molecule has 10 N–H and O–H groups in total. The predicted octanol–water partition coefficient (Wildman–Crippen LogP) is 8.44. The number of aryl methyl sites for hydroxylation is 2. The zero-order chi connectivity index (χ0) is 93.7. The summed E-state index contributed by atoms with van der Waals surface area (Å²) in [6, 6.07) is 15.2. The zero-order valence-corrected chi connectivity index (χ0v) is 76.7. The number of hydrogen-bond acceptors (Lipinski definition) is 31. The molecule has 4 heterocycles. The molecule has 40 nitrogen and oxygen atoms in total. The van der Waals surface area contributed by atoms with E-state index < -0.39 is 83.6 Å². The lowest BCUT2D eigenvalue weighted by Gasteiger charge is -2.27. The molecule has 7 amide bonds. The second-order valence-corrected chi connectivity index (χ2v) is 34.0. The Morgan fingerprint density at radius 2 is 1.33 bits per heavy atom. The number of carboxylic acid groups (broad SMARTS) is 2. The molecule has 3 atom stereocenters. The van der Waals surface area contributed by atoms with Crippen LogP contribution in [0.1, 0.15) is 116 Å². The van der Waals surface area contributed by atoms with Crippen molar-refractivity contribution in [2.45, 2.75) is 137 Å². The zero-order valence-electron chi connectivity index (χ0n) is 75.1. The number of nitrogens with two attached hydrogens (primary N) is 1. The Morgan fingerprint density at radius 3 is 1.93 bits per heavy atom. The highest BCUT2D eigenvalue weighted by molar-refractivity contribution is 7.22. The summed E-state index contributed by atoms with van der Waals surface area (Å²) < 4.78 is 85.3. The molecule has 0 spiro atoms. The van der Waals surface area contributed by atoms with E-state index in [1.807, 2.05) is 58.4 Å². The molecule has 0 aliphatic carbocycles. The number of nitrogens with zero attached hydrogens (tertiary/aromatic N) is 11. The smallest absolute Gasteiger partial charge is 0.410 e. The normalized spacial score (nSPS) is 12.2. The molecule has 0 aliphatic heterocycles. The van der Waals surface area contributed by atoms with Crippen LogP contribution < -0.4 is 42.0 Å². The lowest BCUT2D eigenvalue weighted by atomic mass is 10.0. The Morgan fingerprint density at radius 1 is 0.690 bits per heavy atom. The number of primary amides is 1. The number of aromatic carboxylic acids is 1. The van der Waals surface area contributed by atoms with Crippen LogP contribution in [-0.4, -0.2) is 310 Å². The minimum absolute atomic E-state index is 0.00116. The summed E-state index contributed by atoms with van der Waals surface area (Å²) in [4.78, 5) is 117. The van der Waals surface area contributed by atoms with Gasteiger partial charge in [0.15, 0.2) is 39.2 Å². The van der Waals surface area contributed by atoms with Gasteiger partial charge in [0.1, 0.15) is 49.2 Å². The van der Waals surface area contributed by atoms with Crippen LogP contribution >= 0.6 is 22.7 Å². The topological polar surface area (TPSA) is 486 Å². The monoisotopic (exact) mass is 1840 g/mol. The van der Waals surface area contributed by atoms with Crippen molar-refractivity contribution in [3.05, 3.63) is 117 Å². The number of thiazole rings is 2. The maximum absolute atomic E-state index is 15.7. The van der Waals surface area contributed by atoms with Crippen LogP contribution in [-0.2, 0) is 99.2 Å². The van der Waals surface area contributed by atoms with Crippen molar-refractivity contribution in [3.63, 3.8) is 0 Å². The number of amides is 7. The van der Waals surface area contributed by atoms with E-state index in [1.165, 1.54) is 69.4 Å². The van der Waals surface area contributed by atoms with Crippen LogP contribution in [0.3, 0.4) is 0 Å². The summed E-state index contributed by atoms with van der Waals surface area (Å²) in [5, 5.41) is 62.1. The molecule has 708 valence electrons. The first-order valence-corrected chi connectivity index (χ1v) is 43.9. The summed E-state index contributed by atoms with van der Waals surface area (Å²) in [5.74, 6) is 1.88. The summed E-state index contributed by atoms with van der Waals surface area (Å²) >= 11 is 2.66. The summed E-state index contributed by atoms with van der Waals surface area (Å²) in [7, 11) is 8.91. The van der Waals surface area contributed by atoms with Gasteiger partial charge >= 0.3 is 36.2 Å². The number of carboxylic acids is 2. The molecule has 129 heavy (non-hydrogen) atoms. The van der Waals surface area contributed by atoms with E-state index in [0.717, 1.165) is 15.8 Å². The number of ether oxygens (including phenoxy) is 12. The van der Waals surface area contributed by atoms with E-state index in [-0.39, 0.29) is 107 Å². The molecule has 1 unspecified atom stereocenters. The standard InChI is InChI=1S/C86H122FN17O23S2/c1-58(2)74(94-83(113)127-86(4,5)6)78(109)91-68(21-14-29-89-80(88)112)77(108)90-63-26-25-61(62(52-63)53-101(8)85(115)126-57-64-54-102(99-96-64)32-35-117-37-39-119-41-43-121-45-47-123-49-48-122-46-44-120-42-40-118-38-36-116-34-28-73(106)107)56-125-84(114)100(7)30-15-18-60-24-27-69(66(87)51-60)124-33-17-23-71-75(79(110)111)93-82(129-71)103(31-16-19-65(105)55-104(9,10)11)72-50-59(3)76(98-97-72)95-81-92-67-20-12-13-22-70(67)128-81/h12-13,20,22,24-27,50-52,54,58,65,68,74,105H,14,16-17,19,21,23,28-49,53,55-57H2,1-11H3,(H8-,88,89,90,91,92,94,95,98,106,107,108,109,110,111,112,113)/p+1/t65?,68-,74-/m0/s1. The quantitative estimate of drug-likeness (QED) is 0.00747. The van der Waals surface area contributed by atoms with E-state index in [9.17, 15) is 48.6 Å². The SMILES string of the molecule is Cc1cc(N(CCCC(O)C[N+](C)(C)C)c2nc(C(=O)O)c(CCCOc3ccc(C#CCN(C)C(=O)OCc4ccc(NC(=O)[C@H](CCCNC(N)=O)NC(=O)[C@@H](NC(=O)OC(C)(C)C)C(C)C)cc4CN(C)C(=O)OCc4cn(CCOCCOCCOCCOCCOCCOCCOCCOCCC(=O)O)nn4)cc3F)s2)nnc1Nc1nc2ccccc2s1. The van der Waals surface area contributed by atoms with Crippen molar-refractivity contribution in [2.24, 2.45) is 11.7 Å². The molecule has 0 bridgehead atoms. The van der Waals surface area contributed by atoms with Crippen LogP contribution in [0.5, 0.6) is 5.75 Å². The Bertz CT molecular complexity index is 4720. The van der Waals surface area contributed by atoms with E-state index in [2.05, 4.69) is 68.9 Å². The second-order valence-electron chi connectivity index (χ2n) is 31.9. The van der Waals surface area contributed by atoms with Crippen molar-refractivity contribution in [1.82, 2.24) is 60.9 Å². The van der Waals surface area contributed by atoms with E-state index >= 15 is 4.39 Å². The van der Waals surface area contributed by atoms with Gasteiger partial charge in [-0.3, -0.25) is 14.4 Å². The van der Waals surface area contributed by atoms with Gasteiger partial charge in [-0.1, -0.05) is 60.4 Å². The van der Waals surface area contributed by atoms with Gasteiger partial charge in [0.2, 0.25) is 11.8 Å². The van der Waals surface area contributed by atoms with Crippen LogP contribution in [0.25, 0.3) is 10.2 Å². The molecule has 0 saturated heterocycles. The Balaban J connectivity index is 0.901. The number of para-hydroxylation sites is 1. The molecule has 43 heteroatoms. The number of quaternary nitrogens is 1. The maximum Gasteiger partial charge on any atom is 0.410 e. The van der Waals surface area contributed by atoms with Gasteiger partial charge < -0.3 is 124 Å². The number of hydrogen-bond donors (Lipinski definition) is 9. The summed E-state index contributed by atoms with van der Waals surface area (Å²) in [5.41, 5.74) is 7.45. The van der Waals surface area contributed by atoms with Crippen LogP contribution in [0.4, 0.5) is 51.2 Å². The maximum atomic E-state index is 15.7. The first-order chi connectivity index (χ1) is 61.7. The first-order valence-electron chi connectivity index (χ1n) is 42.3. The number of likely N-dealkylation sites (N-methyl/N-ethyl adjacent to an activating group) is 1. The third kappa shape index (κ3) is 40.6. The first kappa shape index (κ1) is 105. The molecular weight excluding hydrogens is 1720 g/mol. The lowest BCUT2D eigenvalue weighted by Crippen LogP contribution is -2.55. The third-order valence-electron chi connectivity index (χ3n) is 18.4. The molecule has 0 radical (unpaired) electrons. The van der Waals surface area contributed by atoms with Crippen LogP contribution in [0.2, 0.25) is 0 Å². The minimum Gasteiger partial charge on any atom is -0.491 e. The van der Waals surface area contributed by atoms with Crippen LogP contribution in [0.15, 0.2) is 72.9 Å². The highest BCUT2D eigenvalue weighted by atomic mass is 32.1. The predicted molar refractivity (Wildman–Crippen MR) is 476 cm³/mol. The Labute approximate surface area is 757 Å². The summed E-state index contributed by atoms with van der Waals surface area (Å²) in [6.45, 7) is 16.2. The average Bonchev–Trinajstić information content (AvgIpc) is 1.76. The van der Waals surface area contributed by atoms with Crippen molar-refractivity contribution in [3.8, 4) is 17.6 Å². The number of nitrogens with one attached hydrogen (secondary N) is 5. The molecule has 7 rings (SSSR count). The fraction of sp³-hybridized carbons (Fsp3) is 0.558. The number of carbonyl (C=O) groups excluding carboxylic acids is 6. The molecule has 3 aromatic carbocycles. The number of aromatic nitrogens is 7. The fourth-order valence-electron chi connectivity index (χ4n) is 12.0. The molecule has 0 fully saturated rings. The molecule has 7 aromatic rings. The Hall–Kier alpha value is -11.1. The molecular formula is C86H123FN17O23S2+. The van der Waals surface area contributed by atoms with Gasteiger partial charge in [0.05, 0.1) is 169 Å². The largest absolute Gasteiger partial charge is 0.491 e. The molecule has 4 aromatic heterocycles. The van der Waals surface area contributed by atoms with Crippen molar-refractivity contribution in [1.29, 1.82) is 0 Å². The Kier molecular flexibility index (Phi) is 45.3. The van der Waals surface area contributed by atoms with Crippen molar-refractivity contribution in [2.75, 3.05) is 189 Å². The number of benzene rings is 3. The minimum atomic E-state index is -1.23. The van der Waals surface area contributed by atoms with E-state index in [1.54, 1.807) is 63.9 Å². The van der Waals surface area contributed by atoms with Gasteiger partial charge in [-0.2, -0.15) is 0 Å². The number of anilines is 5.